The molecule has 2 N–H and O–H groups in total. The molecule has 0 bridgehead atoms. The molecule has 0 aromatic carbocycles. The van der Waals surface area contributed by atoms with Crippen molar-refractivity contribution >= 4 is 5.69 Å². The first-order valence-corrected chi connectivity index (χ1v) is 5.22. The molecule has 1 unspecified atom stereocenters. The lowest BCUT2D eigenvalue weighted by Crippen LogP contribution is -2.29. The molecule has 1 aromatic heterocycles. The summed E-state index contributed by atoms with van der Waals surface area (Å²) in [6.45, 7) is 2.05. The number of aromatic nitrogens is 1. The fourth-order valence-corrected chi connectivity index (χ4v) is 1.74. The summed E-state index contributed by atoms with van der Waals surface area (Å²) in [4.78, 5) is 4.00. The molecule has 0 amide bonds. The third-order valence-corrected chi connectivity index (χ3v) is 2.59. The van der Waals surface area contributed by atoms with E-state index in [2.05, 4.69) is 15.6 Å². The summed E-state index contributed by atoms with van der Waals surface area (Å²) in [5.74, 6) is 0. The van der Waals surface area contributed by atoms with E-state index in [-0.39, 0.29) is 0 Å². The van der Waals surface area contributed by atoms with E-state index in [4.69, 9.17) is 5.26 Å². The van der Waals surface area contributed by atoms with Crippen molar-refractivity contribution in [2.75, 3.05) is 18.4 Å². The lowest BCUT2D eigenvalue weighted by Gasteiger charge is -2.11. The Hall–Kier alpha value is -1.60. The Labute approximate surface area is 89.3 Å². The van der Waals surface area contributed by atoms with Crippen LogP contribution in [0.3, 0.4) is 0 Å². The van der Waals surface area contributed by atoms with Crippen LogP contribution < -0.4 is 10.6 Å². The van der Waals surface area contributed by atoms with Gasteiger partial charge >= 0.3 is 0 Å². The molecule has 4 heteroatoms. The predicted octanol–water partition coefficient (Wildman–Crippen LogP) is 1.12. The van der Waals surface area contributed by atoms with E-state index in [1.54, 1.807) is 12.3 Å². The summed E-state index contributed by atoms with van der Waals surface area (Å²) in [7, 11) is 0. The first-order chi connectivity index (χ1) is 7.38. The van der Waals surface area contributed by atoms with Crippen LogP contribution >= 0.6 is 0 Å². The minimum atomic E-state index is 0.458. The van der Waals surface area contributed by atoms with Crippen LogP contribution in [0.1, 0.15) is 18.5 Å². The number of anilines is 1. The number of nitrogens with one attached hydrogen (secondary N) is 2. The Kier molecular flexibility index (Phi) is 3.15. The highest BCUT2D eigenvalue weighted by atomic mass is 15.0. The van der Waals surface area contributed by atoms with Gasteiger partial charge in [0.1, 0.15) is 11.8 Å². The standard InChI is InChI=1S/C11H14N4/c12-6-9-3-4-11(8-14-9)15-7-10-2-1-5-13-10/h3-4,8,10,13,15H,1-2,5,7H2. The van der Waals surface area contributed by atoms with Gasteiger partial charge in [-0.05, 0) is 31.5 Å². The molecule has 2 heterocycles. The van der Waals surface area contributed by atoms with Crippen molar-refractivity contribution in [3.63, 3.8) is 0 Å². The minimum absolute atomic E-state index is 0.458. The normalized spacial score (nSPS) is 19.8. The monoisotopic (exact) mass is 202 g/mol. The smallest absolute Gasteiger partial charge is 0.140 e. The summed E-state index contributed by atoms with van der Waals surface area (Å²) >= 11 is 0. The van der Waals surface area contributed by atoms with Crippen molar-refractivity contribution in [2.24, 2.45) is 0 Å². The maximum absolute atomic E-state index is 8.59. The second-order valence-electron chi connectivity index (χ2n) is 3.72. The average molecular weight is 202 g/mol. The Morgan fingerprint density at radius 2 is 2.53 bits per heavy atom. The number of rotatable bonds is 3. The molecule has 1 aromatic rings. The number of hydrogen-bond acceptors (Lipinski definition) is 4. The van der Waals surface area contributed by atoms with E-state index in [1.165, 1.54) is 12.8 Å². The zero-order valence-electron chi connectivity index (χ0n) is 8.53. The highest BCUT2D eigenvalue weighted by Gasteiger charge is 2.12. The van der Waals surface area contributed by atoms with Gasteiger partial charge in [-0.25, -0.2) is 4.98 Å². The highest BCUT2D eigenvalue weighted by Crippen LogP contribution is 2.09. The van der Waals surface area contributed by atoms with Crippen LogP contribution in [-0.2, 0) is 0 Å². The van der Waals surface area contributed by atoms with Crippen molar-refractivity contribution in [2.45, 2.75) is 18.9 Å². The lowest BCUT2D eigenvalue weighted by atomic mass is 10.2. The molecule has 1 aliphatic heterocycles. The van der Waals surface area contributed by atoms with Crippen molar-refractivity contribution in [3.8, 4) is 6.07 Å². The van der Waals surface area contributed by atoms with Crippen molar-refractivity contribution < 1.29 is 0 Å². The molecule has 78 valence electrons. The van der Waals surface area contributed by atoms with Gasteiger partial charge in [-0.15, -0.1) is 0 Å². The van der Waals surface area contributed by atoms with Gasteiger partial charge in [-0.3, -0.25) is 0 Å². The zero-order valence-corrected chi connectivity index (χ0v) is 8.53. The van der Waals surface area contributed by atoms with Crippen LogP contribution in [-0.4, -0.2) is 24.1 Å². The molecule has 1 fully saturated rings. The topological polar surface area (TPSA) is 60.7 Å². The zero-order chi connectivity index (χ0) is 10.5. The second-order valence-corrected chi connectivity index (χ2v) is 3.72. The van der Waals surface area contributed by atoms with Crippen LogP contribution in [0.25, 0.3) is 0 Å². The summed E-state index contributed by atoms with van der Waals surface area (Å²) in [6, 6.07) is 6.19. The van der Waals surface area contributed by atoms with Crippen LogP contribution in [0, 0.1) is 11.3 Å². The van der Waals surface area contributed by atoms with E-state index in [0.29, 0.717) is 11.7 Å². The molecule has 4 nitrogen and oxygen atoms in total. The number of nitrogens with zero attached hydrogens (tertiary/aromatic N) is 2. The van der Waals surface area contributed by atoms with Crippen LogP contribution in [0.4, 0.5) is 5.69 Å². The molecule has 0 radical (unpaired) electrons. The molecule has 1 aliphatic rings. The lowest BCUT2D eigenvalue weighted by molar-refractivity contribution is 0.633. The number of hydrogen-bond donors (Lipinski definition) is 2. The van der Waals surface area contributed by atoms with Gasteiger partial charge in [-0.1, -0.05) is 0 Å². The van der Waals surface area contributed by atoms with Gasteiger partial charge in [0, 0.05) is 12.6 Å². The van der Waals surface area contributed by atoms with Crippen molar-refractivity contribution in [3.05, 3.63) is 24.0 Å². The van der Waals surface area contributed by atoms with Gasteiger partial charge in [0.25, 0.3) is 0 Å². The first kappa shape index (κ1) is 9.94. The molecule has 1 saturated heterocycles. The van der Waals surface area contributed by atoms with Crippen LogP contribution in [0.5, 0.6) is 0 Å². The Morgan fingerprint density at radius 3 is 3.13 bits per heavy atom. The molecule has 0 aliphatic carbocycles. The Balaban J connectivity index is 1.85. The minimum Gasteiger partial charge on any atom is -0.382 e. The molecule has 2 rings (SSSR count). The molecule has 0 saturated carbocycles. The van der Waals surface area contributed by atoms with E-state index < -0.39 is 0 Å². The van der Waals surface area contributed by atoms with Gasteiger partial charge in [-0.2, -0.15) is 5.26 Å². The van der Waals surface area contributed by atoms with E-state index >= 15 is 0 Å². The Bertz CT molecular complexity index is 346. The SMILES string of the molecule is N#Cc1ccc(NCC2CCCN2)cn1. The second kappa shape index (κ2) is 4.76. The van der Waals surface area contributed by atoms with E-state index in [0.717, 1.165) is 18.8 Å². The van der Waals surface area contributed by atoms with Crippen LogP contribution in [0.15, 0.2) is 18.3 Å². The van der Waals surface area contributed by atoms with Crippen molar-refractivity contribution in [1.82, 2.24) is 10.3 Å². The number of pyridine rings is 1. The third-order valence-electron chi connectivity index (χ3n) is 2.59. The maximum Gasteiger partial charge on any atom is 0.140 e. The molecular formula is C11H14N4. The van der Waals surface area contributed by atoms with E-state index in [1.807, 2.05) is 12.1 Å². The van der Waals surface area contributed by atoms with E-state index in [9.17, 15) is 0 Å². The fourth-order valence-electron chi connectivity index (χ4n) is 1.74. The van der Waals surface area contributed by atoms with Gasteiger partial charge in [0.2, 0.25) is 0 Å². The first-order valence-electron chi connectivity index (χ1n) is 5.22. The van der Waals surface area contributed by atoms with Gasteiger partial charge < -0.3 is 10.6 Å². The summed E-state index contributed by atoms with van der Waals surface area (Å²) in [5.41, 5.74) is 1.43. The fraction of sp³-hybridized carbons (Fsp3) is 0.455. The Morgan fingerprint density at radius 1 is 1.60 bits per heavy atom. The van der Waals surface area contributed by atoms with Crippen LogP contribution in [0.2, 0.25) is 0 Å². The quantitative estimate of drug-likeness (QED) is 0.771. The molecule has 1 atom stereocenters. The molecule has 0 spiro atoms. The number of nitriles is 1. The summed E-state index contributed by atoms with van der Waals surface area (Å²) in [5, 5.41) is 15.3. The molecule has 15 heavy (non-hydrogen) atoms. The largest absolute Gasteiger partial charge is 0.382 e. The predicted molar refractivity (Wildman–Crippen MR) is 58.5 cm³/mol. The van der Waals surface area contributed by atoms with Crippen molar-refractivity contribution in [1.29, 1.82) is 5.26 Å². The maximum atomic E-state index is 8.59. The summed E-state index contributed by atoms with van der Waals surface area (Å²) in [6.07, 6.45) is 4.20. The van der Waals surface area contributed by atoms with Gasteiger partial charge in [0.15, 0.2) is 0 Å². The molecular weight excluding hydrogens is 188 g/mol. The third kappa shape index (κ3) is 2.67. The average Bonchev–Trinajstić information content (AvgIpc) is 2.80. The van der Waals surface area contributed by atoms with Gasteiger partial charge in [0.05, 0.1) is 11.9 Å². The highest BCUT2D eigenvalue weighted by molar-refractivity contribution is 5.42. The summed E-state index contributed by atoms with van der Waals surface area (Å²) < 4.78 is 0.